The molecule has 0 aromatic heterocycles. The molecule has 6 fully saturated rings. The van der Waals surface area contributed by atoms with Crippen molar-refractivity contribution in [1.29, 1.82) is 0 Å². The molecule has 0 radical (unpaired) electrons. The van der Waals surface area contributed by atoms with Crippen LogP contribution >= 0.6 is 0 Å². The highest BCUT2D eigenvalue weighted by Crippen LogP contribution is 2.55. The number of rotatable bonds is 7. The molecule has 2 unspecified atom stereocenters. The molecule has 2 saturated heterocycles. The second-order valence-corrected chi connectivity index (χ2v) is 14.1. The zero-order chi connectivity index (χ0) is 29.6. The second kappa shape index (κ2) is 11.9. The Balaban J connectivity index is 0.889. The summed E-state index contributed by atoms with van der Waals surface area (Å²) >= 11 is 0. The van der Waals surface area contributed by atoms with Crippen LogP contribution in [0.3, 0.4) is 0 Å². The number of nitrogens with one attached hydrogen (secondary N) is 3. The quantitative estimate of drug-likeness (QED) is 0.257. The van der Waals surface area contributed by atoms with E-state index in [2.05, 4.69) is 37.6 Å². The third kappa shape index (κ3) is 5.94. The summed E-state index contributed by atoms with van der Waals surface area (Å²) in [4.78, 5) is 44.4. The molecule has 3 N–H and O–H groups in total. The fraction of sp³-hybridized carbons (Fsp3) is 0.676. The lowest BCUT2D eigenvalue weighted by atomic mass is 9.53. The van der Waals surface area contributed by atoms with E-state index >= 15 is 0 Å². The van der Waals surface area contributed by atoms with Crippen molar-refractivity contribution < 1.29 is 14.4 Å². The molecule has 3 amide bonds. The van der Waals surface area contributed by atoms with Gasteiger partial charge >= 0.3 is 0 Å². The zero-order valence-electron chi connectivity index (χ0n) is 25.5. The predicted molar refractivity (Wildman–Crippen MR) is 165 cm³/mol. The number of hydrogen-bond donors (Lipinski definition) is 3. The third-order valence-electron chi connectivity index (χ3n) is 11.0. The van der Waals surface area contributed by atoms with E-state index in [1.807, 2.05) is 25.1 Å². The number of carbonyl (C=O) groups is 3. The Bertz CT molecular complexity index is 1290. The highest BCUT2D eigenvalue weighted by Gasteiger charge is 2.50. The Morgan fingerprint density at radius 2 is 1.67 bits per heavy atom. The van der Waals surface area contributed by atoms with Crippen molar-refractivity contribution in [1.82, 2.24) is 25.3 Å². The van der Waals surface area contributed by atoms with Gasteiger partial charge in [-0.25, -0.2) is 0 Å². The summed E-state index contributed by atoms with van der Waals surface area (Å²) in [5.74, 6) is 8.65. The third-order valence-corrected chi connectivity index (χ3v) is 11.0. The number of fused-ring (bicyclic) bond motifs is 1. The topological polar surface area (TPSA) is 97.0 Å². The second-order valence-electron chi connectivity index (χ2n) is 14.1. The van der Waals surface area contributed by atoms with Crippen molar-refractivity contribution >= 4 is 23.4 Å². The van der Waals surface area contributed by atoms with Crippen LogP contribution in [-0.2, 0) is 9.59 Å². The summed E-state index contributed by atoms with van der Waals surface area (Å²) in [6.45, 7) is 8.99. The van der Waals surface area contributed by atoms with Crippen LogP contribution in [0.15, 0.2) is 18.2 Å². The van der Waals surface area contributed by atoms with E-state index < -0.39 is 11.9 Å². The van der Waals surface area contributed by atoms with Crippen LogP contribution in [-0.4, -0.2) is 96.0 Å². The summed E-state index contributed by atoms with van der Waals surface area (Å²) in [6, 6.07) is 4.99. The Morgan fingerprint density at radius 1 is 0.977 bits per heavy atom. The van der Waals surface area contributed by atoms with Gasteiger partial charge in [-0.2, -0.15) is 0 Å². The number of carbonyl (C=O) groups excluding carboxylic acids is 3. The first-order valence-electron chi connectivity index (χ1n) is 16.6. The predicted octanol–water partition coefficient (Wildman–Crippen LogP) is 2.62. The number of piperidine rings is 1. The minimum absolute atomic E-state index is 0.216. The molecule has 0 spiro atoms. The molecule has 1 aromatic carbocycles. The molecule has 230 valence electrons. The van der Waals surface area contributed by atoms with Crippen LogP contribution in [0.5, 0.6) is 0 Å². The minimum atomic E-state index is -0.675. The summed E-state index contributed by atoms with van der Waals surface area (Å²) in [5, 5.41) is 9.79. The van der Waals surface area contributed by atoms with Crippen LogP contribution in [0.4, 0.5) is 5.69 Å². The van der Waals surface area contributed by atoms with Gasteiger partial charge < -0.3 is 20.4 Å². The Kier molecular flexibility index (Phi) is 7.95. The molecule has 8 rings (SSSR count). The fourth-order valence-electron chi connectivity index (χ4n) is 9.37. The number of anilines is 1. The largest absolute Gasteiger partial charge is 0.365 e. The van der Waals surface area contributed by atoms with Crippen molar-refractivity contribution in [3.8, 4) is 11.8 Å². The molecule has 4 aliphatic carbocycles. The standard InChI is InChI=1S/C34H46N6O3/c1-23-36-28-7-2-5-27(31(28)33(43)40(23)29-8-9-30(41)37-32(29)42)6-3-11-38-13-15-39(16-14-38)12-4-10-35-34-20-24-17-25(21-34)19-26(18-24)22-34/h2,5,7,23-26,29,35-36H,4,8-22H2,1H3,(H,37,41,42). The SMILES string of the molecule is CC1Nc2cccc(C#CCN3CCN(CCCNC45CC6CC(CC(C6)C4)C5)CC3)c2C(=O)N1C1CCC(=O)NC1=O. The summed E-state index contributed by atoms with van der Waals surface area (Å²) < 4.78 is 0. The highest BCUT2D eigenvalue weighted by atomic mass is 16.2. The van der Waals surface area contributed by atoms with Crippen molar-refractivity contribution in [2.24, 2.45) is 17.8 Å². The summed E-state index contributed by atoms with van der Waals surface area (Å²) in [5.41, 5.74) is 2.37. The molecular weight excluding hydrogens is 540 g/mol. The molecule has 7 aliphatic rings. The lowest BCUT2D eigenvalue weighted by molar-refractivity contribution is -0.137. The van der Waals surface area contributed by atoms with Gasteiger partial charge in [0.15, 0.2) is 0 Å². The zero-order valence-corrected chi connectivity index (χ0v) is 25.5. The molecule has 4 saturated carbocycles. The van der Waals surface area contributed by atoms with Gasteiger partial charge in [0.1, 0.15) is 6.04 Å². The van der Waals surface area contributed by atoms with Crippen molar-refractivity contribution in [3.63, 3.8) is 0 Å². The molecule has 2 atom stereocenters. The van der Waals surface area contributed by atoms with Gasteiger partial charge in [0.25, 0.3) is 5.91 Å². The molecule has 3 aliphatic heterocycles. The van der Waals surface area contributed by atoms with Crippen LogP contribution < -0.4 is 16.0 Å². The lowest BCUT2D eigenvalue weighted by Crippen LogP contribution is -2.60. The van der Waals surface area contributed by atoms with Gasteiger partial charge in [0, 0.05) is 49.4 Å². The Labute approximate surface area is 255 Å². The van der Waals surface area contributed by atoms with E-state index in [0.717, 1.165) is 62.7 Å². The maximum Gasteiger partial charge on any atom is 0.259 e. The van der Waals surface area contributed by atoms with E-state index in [4.69, 9.17) is 0 Å². The number of nitrogens with zero attached hydrogens (tertiary/aromatic N) is 3. The minimum Gasteiger partial charge on any atom is -0.365 e. The van der Waals surface area contributed by atoms with Crippen LogP contribution in [0.1, 0.15) is 80.6 Å². The smallest absolute Gasteiger partial charge is 0.259 e. The monoisotopic (exact) mass is 586 g/mol. The first kappa shape index (κ1) is 28.8. The van der Waals surface area contributed by atoms with Gasteiger partial charge in [0.05, 0.1) is 18.3 Å². The molecule has 9 heteroatoms. The first-order valence-corrected chi connectivity index (χ1v) is 16.6. The van der Waals surface area contributed by atoms with Gasteiger partial charge in [-0.15, -0.1) is 0 Å². The molecular formula is C34H46N6O3. The van der Waals surface area contributed by atoms with E-state index in [1.54, 1.807) is 4.90 Å². The van der Waals surface area contributed by atoms with E-state index in [0.29, 0.717) is 29.6 Å². The summed E-state index contributed by atoms with van der Waals surface area (Å²) in [7, 11) is 0. The fourth-order valence-corrected chi connectivity index (χ4v) is 9.37. The summed E-state index contributed by atoms with van der Waals surface area (Å²) in [6.07, 6.45) is 10.2. The molecule has 1 aromatic rings. The van der Waals surface area contributed by atoms with Crippen molar-refractivity contribution in [2.75, 3.05) is 51.1 Å². The first-order chi connectivity index (χ1) is 20.9. The highest BCUT2D eigenvalue weighted by molar-refractivity contribution is 6.08. The van der Waals surface area contributed by atoms with E-state index in [9.17, 15) is 14.4 Å². The van der Waals surface area contributed by atoms with Gasteiger partial charge in [-0.3, -0.25) is 24.6 Å². The number of benzene rings is 1. The van der Waals surface area contributed by atoms with E-state index in [-0.39, 0.29) is 24.4 Å². The molecule has 9 nitrogen and oxygen atoms in total. The Morgan fingerprint density at radius 3 is 2.37 bits per heavy atom. The lowest BCUT2D eigenvalue weighted by Gasteiger charge is -2.57. The average molecular weight is 587 g/mol. The van der Waals surface area contributed by atoms with E-state index in [1.165, 1.54) is 44.9 Å². The van der Waals surface area contributed by atoms with Gasteiger partial charge in [0.2, 0.25) is 11.8 Å². The maximum atomic E-state index is 13.7. The van der Waals surface area contributed by atoms with Crippen molar-refractivity contribution in [2.45, 2.75) is 82.5 Å². The normalized spacial score (nSPS) is 33.9. The van der Waals surface area contributed by atoms with Gasteiger partial charge in [-0.1, -0.05) is 17.9 Å². The maximum absolute atomic E-state index is 13.7. The van der Waals surface area contributed by atoms with Gasteiger partial charge in [-0.05, 0) is 101 Å². The molecule has 43 heavy (non-hydrogen) atoms. The Hall–Kier alpha value is -2.93. The van der Waals surface area contributed by atoms with Crippen LogP contribution in [0.25, 0.3) is 0 Å². The molecule has 3 heterocycles. The number of hydrogen-bond acceptors (Lipinski definition) is 7. The van der Waals surface area contributed by atoms with Crippen LogP contribution in [0.2, 0.25) is 0 Å². The number of amides is 3. The molecule has 4 bridgehead atoms. The average Bonchev–Trinajstić information content (AvgIpc) is 2.96. The number of piperazine rings is 1. The number of imide groups is 1. The van der Waals surface area contributed by atoms with Crippen LogP contribution in [0, 0.1) is 29.6 Å². The van der Waals surface area contributed by atoms with Crippen molar-refractivity contribution in [3.05, 3.63) is 29.3 Å².